The van der Waals surface area contributed by atoms with Gasteiger partial charge >= 0.3 is 0 Å². The fraction of sp³-hybridized carbons (Fsp3) is 0.900. The molecule has 2 atom stereocenters. The highest BCUT2D eigenvalue weighted by Gasteiger charge is 2.34. The van der Waals surface area contributed by atoms with Gasteiger partial charge in [0.15, 0.2) is 0 Å². The molecule has 128 valence electrons. The van der Waals surface area contributed by atoms with Gasteiger partial charge in [-0.05, 0) is 43.9 Å². The van der Waals surface area contributed by atoms with Crippen molar-refractivity contribution >= 4 is 0 Å². The average molecular weight is 309 g/mol. The van der Waals surface area contributed by atoms with E-state index in [9.17, 15) is 0 Å². The molecular formula is C20H36O2. The zero-order valence-corrected chi connectivity index (χ0v) is 14.7. The number of rotatable bonds is 10. The molecule has 0 amide bonds. The first-order valence-electron chi connectivity index (χ1n) is 9.65. The Labute approximate surface area is 137 Å². The molecule has 2 aliphatic carbocycles. The van der Waals surface area contributed by atoms with E-state index in [1.807, 2.05) is 0 Å². The van der Waals surface area contributed by atoms with Crippen LogP contribution >= 0.6 is 0 Å². The maximum Gasteiger partial charge on any atom is 0.0580 e. The van der Waals surface area contributed by atoms with Crippen molar-refractivity contribution in [3.8, 4) is 0 Å². The smallest absolute Gasteiger partial charge is 0.0580 e. The first kappa shape index (κ1) is 18.0. The molecule has 2 aliphatic rings. The maximum absolute atomic E-state index is 6.15. The average Bonchev–Trinajstić information content (AvgIpc) is 2.76. The lowest BCUT2D eigenvalue weighted by atomic mass is 9.92. The quantitative estimate of drug-likeness (QED) is 0.391. The van der Waals surface area contributed by atoms with Crippen molar-refractivity contribution in [3.63, 3.8) is 0 Å². The van der Waals surface area contributed by atoms with Crippen molar-refractivity contribution in [1.82, 2.24) is 0 Å². The maximum atomic E-state index is 6.15. The van der Waals surface area contributed by atoms with Crippen LogP contribution in [0.3, 0.4) is 0 Å². The predicted molar refractivity (Wildman–Crippen MR) is 93.1 cm³/mol. The van der Waals surface area contributed by atoms with Crippen molar-refractivity contribution in [3.05, 3.63) is 12.2 Å². The van der Waals surface area contributed by atoms with E-state index in [-0.39, 0.29) is 0 Å². The normalized spacial score (nSPS) is 28.3. The summed E-state index contributed by atoms with van der Waals surface area (Å²) in [5, 5.41) is 0. The van der Waals surface area contributed by atoms with Crippen LogP contribution in [0, 0.1) is 11.8 Å². The highest BCUT2D eigenvalue weighted by atomic mass is 16.5. The Kier molecular flexibility index (Phi) is 8.54. The summed E-state index contributed by atoms with van der Waals surface area (Å²) in [6.45, 7) is 8.94. The molecule has 2 heteroatoms. The molecule has 0 N–H and O–H groups in total. The summed E-state index contributed by atoms with van der Waals surface area (Å²) in [5.74, 6) is 1.92. The van der Waals surface area contributed by atoms with Crippen LogP contribution in [0.25, 0.3) is 0 Å². The Bertz CT molecular complexity index is 299. The Morgan fingerprint density at radius 1 is 0.955 bits per heavy atom. The fourth-order valence-corrected chi connectivity index (χ4v) is 4.05. The SMILES string of the molecule is C=C(CCOCCCC)CCOC1CC2CCCCCC2C1. The van der Waals surface area contributed by atoms with Crippen molar-refractivity contribution in [1.29, 1.82) is 0 Å². The van der Waals surface area contributed by atoms with Crippen LogP contribution in [0.4, 0.5) is 0 Å². The van der Waals surface area contributed by atoms with Crippen LogP contribution < -0.4 is 0 Å². The molecule has 22 heavy (non-hydrogen) atoms. The van der Waals surface area contributed by atoms with Crippen LogP contribution in [-0.2, 0) is 9.47 Å². The fourth-order valence-electron chi connectivity index (χ4n) is 4.05. The molecule has 2 fully saturated rings. The molecule has 0 aliphatic heterocycles. The van der Waals surface area contributed by atoms with Crippen LogP contribution in [0.5, 0.6) is 0 Å². The van der Waals surface area contributed by atoms with Crippen molar-refractivity contribution in [2.24, 2.45) is 11.8 Å². The second-order valence-electron chi connectivity index (χ2n) is 7.34. The molecule has 0 spiro atoms. The van der Waals surface area contributed by atoms with E-state index in [0.717, 1.165) is 44.5 Å². The molecular weight excluding hydrogens is 272 g/mol. The third-order valence-electron chi connectivity index (χ3n) is 5.50. The number of hydrogen-bond donors (Lipinski definition) is 0. The number of fused-ring (bicyclic) bond motifs is 1. The summed E-state index contributed by atoms with van der Waals surface area (Å²) in [5.41, 5.74) is 1.28. The van der Waals surface area contributed by atoms with Gasteiger partial charge in [-0.15, -0.1) is 0 Å². The minimum absolute atomic E-state index is 0.529. The predicted octanol–water partition coefficient (Wildman–Crippen LogP) is 5.52. The van der Waals surface area contributed by atoms with Crippen LogP contribution in [-0.4, -0.2) is 25.9 Å². The number of hydrogen-bond acceptors (Lipinski definition) is 2. The van der Waals surface area contributed by atoms with Gasteiger partial charge in [0, 0.05) is 6.61 Å². The molecule has 2 nitrogen and oxygen atoms in total. The standard InChI is InChI=1S/C20H36O2/c1-3-4-12-21-13-10-17(2)11-14-22-20-15-18-8-6-5-7-9-19(18)16-20/h18-20H,2-16H2,1H3. The largest absolute Gasteiger partial charge is 0.381 e. The zero-order chi connectivity index (χ0) is 15.6. The van der Waals surface area contributed by atoms with Gasteiger partial charge in [0.1, 0.15) is 0 Å². The Balaban J connectivity index is 1.51. The molecule has 2 saturated carbocycles. The molecule has 2 rings (SSSR count). The first-order chi connectivity index (χ1) is 10.8. The number of ether oxygens (including phenoxy) is 2. The molecule has 0 aromatic heterocycles. The Hall–Kier alpha value is -0.340. The minimum atomic E-state index is 0.529. The van der Waals surface area contributed by atoms with Gasteiger partial charge in [0.2, 0.25) is 0 Å². The van der Waals surface area contributed by atoms with E-state index in [0.29, 0.717) is 6.10 Å². The summed E-state index contributed by atoms with van der Waals surface area (Å²) in [7, 11) is 0. The first-order valence-corrected chi connectivity index (χ1v) is 9.65. The van der Waals surface area contributed by atoms with Crippen LogP contribution in [0.15, 0.2) is 12.2 Å². The van der Waals surface area contributed by atoms with E-state index in [1.54, 1.807) is 0 Å². The van der Waals surface area contributed by atoms with Gasteiger partial charge in [0.25, 0.3) is 0 Å². The highest BCUT2D eigenvalue weighted by molar-refractivity contribution is 4.94. The van der Waals surface area contributed by atoms with E-state index < -0.39 is 0 Å². The third kappa shape index (κ3) is 6.42. The Morgan fingerprint density at radius 3 is 2.32 bits per heavy atom. The topological polar surface area (TPSA) is 18.5 Å². The summed E-state index contributed by atoms with van der Waals surface area (Å²) in [6.07, 6.45) is 14.8. The lowest BCUT2D eigenvalue weighted by Crippen LogP contribution is -2.11. The van der Waals surface area contributed by atoms with E-state index in [1.165, 1.54) is 63.4 Å². The summed E-state index contributed by atoms with van der Waals surface area (Å²) >= 11 is 0. The summed E-state index contributed by atoms with van der Waals surface area (Å²) in [6, 6.07) is 0. The molecule has 0 heterocycles. The highest BCUT2D eigenvalue weighted by Crippen LogP contribution is 2.42. The molecule has 2 unspecified atom stereocenters. The van der Waals surface area contributed by atoms with Crippen LogP contribution in [0.1, 0.15) is 77.6 Å². The van der Waals surface area contributed by atoms with Gasteiger partial charge in [-0.25, -0.2) is 0 Å². The zero-order valence-electron chi connectivity index (χ0n) is 14.7. The summed E-state index contributed by atoms with van der Waals surface area (Å²) in [4.78, 5) is 0. The van der Waals surface area contributed by atoms with Gasteiger partial charge in [-0.2, -0.15) is 0 Å². The van der Waals surface area contributed by atoms with Crippen molar-refractivity contribution in [2.45, 2.75) is 83.7 Å². The van der Waals surface area contributed by atoms with Gasteiger partial charge in [-0.3, -0.25) is 0 Å². The van der Waals surface area contributed by atoms with E-state index >= 15 is 0 Å². The van der Waals surface area contributed by atoms with E-state index in [2.05, 4.69) is 13.5 Å². The van der Waals surface area contributed by atoms with Crippen molar-refractivity contribution in [2.75, 3.05) is 19.8 Å². The second-order valence-corrected chi connectivity index (χ2v) is 7.34. The molecule has 0 bridgehead atoms. The molecule has 0 aromatic carbocycles. The second kappa shape index (κ2) is 10.4. The molecule has 0 saturated heterocycles. The van der Waals surface area contributed by atoms with Gasteiger partial charge in [-0.1, -0.05) is 57.6 Å². The molecule has 0 aromatic rings. The van der Waals surface area contributed by atoms with Gasteiger partial charge in [0.05, 0.1) is 19.3 Å². The number of unbranched alkanes of at least 4 members (excludes halogenated alkanes) is 1. The van der Waals surface area contributed by atoms with Gasteiger partial charge < -0.3 is 9.47 Å². The van der Waals surface area contributed by atoms with E-state index in [4.69, 9.17) is 9.47 Å². The van der Waals surface area contributed by atoms with Crippen molar-refractivity contribution < 1.29 is 9.47 Å². The minimum Gasteiger partial charge on any atom is -0.381 e. The lowest BCUT2D eigenvalue weighted by molar-refractivity contribution is 0.0544. The molecule has 0 radical (unpaired) electrons. The van der Waals surface area contributed by atoms with Crippen LogP contribution in [0.2, 0.25) is 0 Å². The lowest BCUT2D eigenvalue weighted by Gasteiger charge is -2.13. The third-order valence-corrected chi connectivity index (χ3v) is 5.50. The Morgan fingerprint density at radius 2 is 1.64 bits per heavy atom. The summed E-state index contributed by atoms with van der Waals surface area (Å²) < 4.78 is 11.7. The monoisotopic (exact) mass is 308 g/mol.